The minimum atomic E-state index is -0.0165. The molecule has 2 atom stereocenters. The molecule has 138 valence electrons. The van der Waals surface area contributed by atoms with Gasteiger partial charge >= 0.3 is 0 Å². The quantitative estimate of drug-likeness (QED) is 0.897. The molecule has 0 spiro atoms. The largest absolute Gasteiger partial charge is 0.369 e. The lowest BCUT2D eigenvalue weighted by atomic mass is 9.95. The first kappa shape index (κ1) is 18.5. The fourth-order valence-electron chi connectivity index (χ4n) is 3.87. The van der Waals surface area contributed by atoms with Gasteiger partial charge in [-0.3, -0.25) is 4.79 Å². The maximum atomic E-state index is 12.9. The molecule has 4 heteroatoms. The van der Waals surface area contributed by atoms with E-state index in [4.69, 9.17) is 5.73 Å². The lowest BCUT2D eigenvalue weighted by molar-refractivity contribution is 0.0789. The molecule has 1 aliphatic rings. The number of hydrogen-bond donors (Lipinski definition) is 1. The van der Waals surface area contributed by atoms with Crippen molar-refractivity contribution in [3.63, 3.8) is 0 Å². The highest BCUT2D eigenvalue weighted by molar-refractivity contribution is 5.95. The highest BCUT2D eigenvalue weighted by atomic mass is 16.2. The van der Waals surface area contributed by atoms with E-state index < -0.39 is 0 Å². The minimum Gasteiger partial charge on any atom is -0.369 e. The molecular weight excluding hydrogens is 322 g/mol. The molecule has 3 rings (SSSR count). The van der Waals surface area contributed by atoms with Crippen molar-refractivity contribution in [2.75, 3.05) is 24.5 Å². The van der Waals surface area contributed by atoms with Crippen molar-refractivity contribution in [1.29, 1.82) is 0 Å². The zero-order valence-electron chi connectivity index (χ0n) is 15.9. The molecule has 0 unspecified atom stereocenters. The van der Waals surface area contributed by atoms with Crippen LogP contribution in [0.4, 0.5) is 5.69 Å². The van der Waals surface area contributed by atoms with Gasteiger partial charge in [0.25, 0.3) is 5.91 Å². The van der Waals surface area contributed by atoms with Gasteiger partial charge in [0.05, 0.1) is 0 Å². The number of carbonyl (C=O) groups excluding carboxylic acids is 1. The van der Waals surface area contributed by atoms with Gasteiger partial charge in [-0.2, -0.15) is 0 Å². The summed E-state index contributed by atoms with van der Waals surface area (Å²) in [6.45, 7) is 8.74. The molecule has 1 fully saturated rings. The van der Waals surface area contributed by atoms with E-state index in [1.54, 1.807) is 0 Å². The van der Waals surface area contributed by atoms with Gasteiger partial charge < -0.3 is 15.5 Å². The first-order valence-electron chi connectivity index (χ1n) is 9.47. The van der Waals surface area contributed by atoms with E-state index in [9.17, 15) is 4.79 Å². The second-order valence-electron chi connectivity index (χ2n) is 7.32. The van der Waals surface area contributed by atoms with Crippen LogP contribution in [0.3, 0.4) is 0 Å². The SMILES string of the molecule is CCN(c1ccc(C(=O)N2C[C@@H](N)[C@H](c3ccccc3)C2)cc1)C(C)C. The van der Waals surface area contributed by atoms with E-state index in [1.807, 2.05) is 47.4 Å². The molecule has 2 aromatic rings. The molecule has 2 N–H and O–H groups in total. The zero-order valence-corrected chi connectivity index (χ0v) is 15.9. The fourth-order valence-corrected chi connectivity index (χ4v) is 3.87. The number of nitrogens with zero attached hydrogens (tertiary/aromatic N) is 2. The van der Waals surface area contributed by atoms with Gasteiger partial charge in [-0.15, -0.1) is 0 Å². The van der Waals surface area contributed by atoms with E-state index in [-0.39, 0.29) is 17.9 Å². The molecular formula is C22H29N3O. The lowest BCUT2D eigenvalue weighted by Crippen LogP contribution is -2.32. The summed E-state index contributed by atoms with van der Waals surface area (Å²) in [5.41, 5.74) is 9.42. The van der Waals surface area contributed by atoms with E-state index >= 15 is 0 Å². The van der Waals surface area contributed by atoms with Crippen molar-refractivity contribution in [2.45, 2.75) is 38.8 Å². The minimum absolute atomic E-state index is 0.0165. The van der Waals surface area contributed by atoms with Crippen LogP contribution in [0.25, 0.3) is 0 Å². The monoisotopic (exact) mass is 351 g/mol. The van der Waals surface area contributed by atoms with Crippen LogP contribution in [0.2, 0.25) is 0 Å². The molecule has 2 aromatic carbocycles. The summed E-state index contributed by atoms with van der Waals surface area (Å²) in [5, 5.41) is 0. The van der Waals surface area contributed by atoms with Crippen LogP contribution in [0.1, 0.15) is 42.6 Å². The first-order chi connectivity index (χ1) is 12.5. The van der Waals surface area contributed by atoms with Crippen LogP contribution in [-0.2, 0) is 0 Å². The Morgan fingerprint density at radius 3 is 2.35 bits per heavy atom. The number of benzene rings is 2. The number of nitrogens with two attached hydrogens (primary N) is 1. The summed E-state index contributed by atoms with van der Waals surface area (Å²) in [6.07, 6.45) is 0. The van der Waals surface area contributed by atoms with Gasteiger partial charge in [-0.05, 0) is 50.6 Å². The topological polar surface area (TPSA) is 49.6 Å². The Bertz CT molecular complexity index is 727. The summed E-state index contributed by atoms with van der Waals surface area (Å²) in [5.74, 6) is 0.272. The number of anilines is 1. The van der Waals surface area contributed by atoms with Crippen molar-refractivity contribution in [1.82, 2.24) is 4.90 Å². The third-order valence-electron chi connectivity index (χ3n) is 5.29. The Labute approximate surface area is 156 Å². The number of rotatable bonds is 5. The van der Waals surface area contributed by atoms with Crippen LogP contribution < -0.4 is 10.6 Å². The van der Waals surface area contributed by atoms with Gasteiger partial charge in [0.15, 0.2) is 0 Å². The van der Waals surface area contributed by atoms with Crippen LogP contribution in [0.5, 0.6) is 0 Å². The third kappa shape index (κ3) is 3.75. The maximum Gasteiger partial charge on any atom is 0.253 e. The Hall–Kier alpha value is -2.33. The molecule has 1 amide bonds. The average Bonchev–Trinajstić information content (AvgIpc) is 3.04. The van der Waals surface area contributed by atoms with Gasteiger partial charge in [-0.1, -0.05) is 30.3 Å². The molecule has 0 aliphatic carbocycles. The predicted octanol–water partition coefficient (Wildman–Crippen LogP) is 3.49. The summed E-state index contributed by atoms with van der Waals surface area (Å²) >= 11 is 0. The fraction of sp³-hybridized carbons (Fsp3) is 0.409. The van der Waals surface area contributed by atoms with Crippen LogP contribution >= 0.6 is 0 Å². The molecule has 0 bridgehead atoms. The van der Waals surface area contributed by atoms with Gasteiger partial charge in [0.2, 0.25) is 0 Å². The molecule has 0 saturated carbocycles. The average molecular weight is 351 g/mol. The smallest absolute Gasteiger partial charge is 0.253 e. The number of amides is 1. The first-order valence-corrected chi connectivity index (χ1v) is 9.47. The maximum absolute atomic E-state index is 12.9. The summed E-state index contributed by atoms with van der Waals surface area (Å²) in [6, 6.07) is 18.6. The molecule has 1 heterocycles. The Kier molecular flexibility index (Phi) is 5.62. The van der Waals surface area contributed by atoms with Crippen molar-refractivity contribution < 1.29 is 4.79 Å². The molecule has 1 saturated heterocycles. The highest BCUT2D eigenvalue weighted by Crippen LogP contribution is 2.28. The Balaban J connectivity index is 1.72. The molecule has 1 aliphatic heterocycles. The standard InChI is InChI=1S/C22H29N3O/c1-4-25(16(2)3)19-12-10-18(11-13-19)22(26)24-14-20(21(23)15-24)17-8-6-5-7-9-17/h5-13,16,20-21H,4,14-15,23H2,1-3H3/t20-,21+/m0/s1. The van der Waals surface area contributed by atoms with Gasteiger partial charge in [0, 0.05) is 48.9 Å². The van der Waals surface area contributed by atoms with E-state index in [2.05, 4.69) is 37.8 Å². The van der Waals surface area contributed by atoms with Crippen molar-refractivity contribution in [3.05, 3.63) is 65.7 Å². The van der Waals surface area contributed by atoms with Crippen LogP contribution in [-0.4, -0.2) is 42.5 Å². The molecule has 0 radical (unpaired) electrons. The van der Waals surface area contributed by atoms with Gasteiger partial charge in [0.1, 0.15) is 0 Å². The summed E-state index contributed by atoms with van der Waals surface area (Å²) in [7, 11) is 0. The zero-order chi connectivity index (χ0) is 18.7. The summed E-state index contributed by atoms with van der Waals surface area (Å²) in [4.78, 5) is 17.1. The highest BCUT2D eigenvalue weighted by Gasteiger charge is 2.34. The van der Waals surface area contributed by atoms with E-state index in [0.29, 0.717) is 19.1 Å². The number of likely N-dealkylation sites (tertiary alicyclic amines) is 1. The van der Waals surface area contributed by atoms with Crippen molar-refractivity contribution >= 4 is 11.6 Å². The Morgan fingerprint density at radius 1 is 1.12 bits per heavy atom. The lowest BCUT2D eigenvalue weighted by Gasteiger charge is -2.27. The normalized spacial score (nSPS) is 19.8. The van der Waals surface area contributed by atoms with E-state index in [1.165, 1.54) is 5.56 Å². The second-order valence-corrected chi connectivity index (χ2v) is 7.32. The van der Waals surface area contributed by atoms with Crippen LogP contribution in [0.15, 0.2) is 54.6 Å². The van der Waals surface area contributed by atoms with Crippen molar-refractivity contribution in [2.24, 2.45) is 5.73 Å². The Morgan fingerprint density at radius 2 is 1.77 bits per heavy atom. The molecule has 26 heavy (non-hydrogen) atoms. The molecule has 0 aromatic heterocycles. The molecule has 4 nitrogen and oxygen atoms in total. The van der Waals surface area contributed by atoms with Gasteiger partial charge in [-0.25, -0.2) is 0 Å². The predicted molar refractivity (Wildman–Crippen MR) is 108 cm³/mol. The third-order valence-corrected chi connectivity index (χ3v) is 5.29. The summed E-state index contributed by atoms with van der Waals surface area (Å²) < 4.78 is 0. The van der Waals surface area contributed by atoms with Crippen LogP contribution in [0, 0.1) is 0 Å². The van der Waals surface area contributed by atoms with Crippen molar-refractivity contribution in [3.8, 4) is 0 Å². The number of hydrogen-bond acceptors (Lipinski definition) is 3. The second kappa shape index (κ2) is 7.92. The van der Waals surface area contributed by atoms with E-state index in [0.717, 1.165) is 17.8 Å². The number of carbonyl (C=O) groups is 1.